The van der Waals surface area contributed by atoms with Crippen LogP contribution in [0.2, 0.25) is 0 Å². The standard InChI is InChI=1S/C12H15F2NO2S/c1-3-15-11-7(2)6-18(16,17)12-9(11)4-8(13)5-10(12)14/h4-5,7,11,15H,3,6H2,1-2H3. The van der Waals surface area contributed by atoms with Gasteiger partial charge in [-0.2, -0.15) is 0 Å². The van der Waals surface area contributed by atoms with Crippen molar-refractivity contribution in [3.8, 4) is 0 Å². The molecule has 0 amide bonds. The van der Waals surface area contributed by atoms with Gasteiger partial charge in [0.1, 0.15) is 16.5 Å². The third kappa shape index (κ3) is 2.14. The Kier molecular flexibility index (Phi) is 3.42. The minimum absolute atomic E-state index is 0.125. The van der Waals surface area contributed by atoms with Crippen molar-refractivity contribution < 1.29 is 17.2 Å². The van der Waals surface area contributed by atoms with Gasteiger partial charge in [0.05, 0.1) is 5.75 Å². The van der Waals surface area contributed by atoms with Crippen LogP contribution in [0, 0.1) is 17.6 Å². The fourth-order valence-corrected chi connectivity index (χ4v) is 4.45. The highest BCUT2D eigenvalue weighted by molar-refractivity contribution is 7.91. The molecule has 1 aliphatic heterocycles. The molecular formula is C12H15F2NO2S. The van der Waals surface area contributed by atoms with E-state index >= 15 is 0 Å². The van der Waals surface area contributed by atoms with Crippen LogP contribution in [0.15, 0.2) is 17.0 Å². The van der Waals surface area contributed by atoms with Crippen LogP contribution in [0.1, 0.15) is 25.5 Å². The van der Waals surface area contributed by atoms with E-state index in [2.05, 4.69) is 5.32 Å². The maximum atomic E-state index is 13.7. The first-order chi connectivity index (χ1) is 8.36. The van der Waals surface area contributed by atoms with E-state index < -0.39 is 21.5 Å². The lowest BCUT2D eigenvalue weighted by Crippen LogP contribution is -2.36. The van der Waals surface area contributed by atoms with Gasteiger partial charge in [-0.05, 0) is 24.1 Å². The van der Waals surface area contributed by atoms with E-state index in [4.69, 9.17) is 0 Å². The van der Waals surface area contributed by atoms with E-state index in [0.29, 0.717) is 12.6 Å². The summed E-state index contributed by atoms with van der Waals surface area (Å²) in [6, 6.07) is 1.40. The Bertz CT molecular complexity index is 572. The molecule has 1 N–H and O–H groups in total. The fourth-order valence-electron chi connectivity index (χ4n) is 2.50. The van der Waals surface area contributed by atoms with Crippen LogP contribution in [0.5, 0.6) is 0 Å². The Morgan fingerprint density at radius 2 is 2.06 bits per heavy atom. The second-order valence-electron chi connectivity index (χ2n) is 4.60. The van der Waals surface area contributed by atoms with Gasteiger partial charge in [0, 0.05) is 12.1 Å². The Morgan fingerprint density at radius 3 is 2.67 bits per heavy atom. The molecule has 0 saturated heterocycles. The molecular weight excluding hydrogens is 260 g/mol. The van der Waals surface area contributed by atoms with Gasteiger partial charge in [-0.1, -0.05) is 13.8 Å². The summed E-state index contributed by atoms with van der Waals surface area (Å²) >= 11 is 0. The van der Waals surface area contributed by atoms with Crippen LogP contribution in [-0.4, -0.2) is 20.7 Å². The predicted octanol–water partition coefficient (Wildman–Crippen LogP) is 2.04. The molecule has 0 radical (unpaired) electrons. The molecule has 0 aromatic heterocycles. The summed E-state index contributed by atoms with van der Waals surface area (Å²) in [4.78, 5) is -0.354. The topological polar surface area (TPSA) is 46.2 Å². The lowest BCUT2D eigenvalue weighted by molar-refractivity contribution is 0.393. The van der Waals surface area contributed by atoms with Crippen molar-refractivity contribution in [2.24, 2.45) is 5.92 Å². The van der Waals surface area contributed by atoms with Gasteiger partial charge in [-0.25, -0.2) is 17.2 Å². The van der Waals surface area contributed by atoms with Crippen LogP contribution in [0.25, 0.3) is 0 Å². The molecule has 1 heterocycles. The highest BCUT2D eigenvalue weighted by atomic mass is 32.2. The predicted molar refractivity (Wildman–Crippen MR) is 64.0 cm³/mol. The molecule has 1 aromatic rings. The van der Waals surface area contributed by atoms with E-state index in [-0.39, 0.29) is 28.2 Å². The summed E-state index contributed by atoms with van der Waals surface area (Å²) in [5, 5.41) is 3.08. The molecule has 18 heavy (non-hydrogen) atoms. The van der Waals surface area contributed by atoms with Gasteiger partial charge in [0.15, 0.2) is 9.84 Å². The summed E-state index contributed by atoms with van der Waals surface area (Å²) in [7, 11) is -3.67. The second-order valence-corrected chi connectivity index (χ2v) is 6.57. The average molecular weight is 275 g/mol. The molecule has 0 bridgehead atoms. The highest BCUT2D eigenvalue weighted by Crippen LogP contribution is 2.37. The van der Waals surface area contributed by atoms with Crippen molar-refractivity contribution >= 4 is 9.84 Å². The molecule has 0 saturated carbocycles. The summed E-state index contributed by atoms with van der Waals surface area (Å²) in [5.74, 6) is -2.10. The molecule has 2 unspecified atom stereocenters. The zero-order chi connectivity index (χ0) is 13.5. The zero-order valence-electron chi connectivity index (χ0n) is 10.2. The number of sulfone groups is 1. The molecule has 2 atom stereocenters. The maximum absolute atomic E-state index is 13.7. The average Bonchev–Trinajstić information content (AvgIpc) is 2.21. The summed E-state index contributed by atoms with van der Waals surface area (Å²) < 4.78 is 51.0. The van der Waals surface area contributed by atoms with Crippen LogP contribution in [0.4, 0.5) is 8.78 Å². The smallest absolute Gasteiger partial charge is 0.181 e. The Labute approximate surface area is 105 Å². The van der Waals surface area contributed by atoms with Crippen LogP contribution in [0.3, 0.4) is 0 Å². The molecule has 1 aliphatic rings. The van der Waals surface area contributed by atoms with Gasteiger partial charge in [-0.15, -0.1) is 0 Å². The minimum Gasteiger partial charge on any atom is -0.310 e. The third-order valence-electron chi connectivity index (χ3n) is 3.16. The van der Waals surface area contributed by atoms with Gasteiger partial charge >= 0.3 is 0 Å². The van der Waals surface area contributed by atoms with Crippen molar-refractivity contribution in [1.82, 2.24) is 5.32 Å². The number of nitrogens with one attached hydrogen (secondary N) is 1. The zero-order valence-corrected chi connectivity index (χ0v) is 11.0. The molecule has 1 aromatic carbocycles. The number of halogens is 2. The summed E-state index contributed by atoms with van der Waals surface area (Å²) in [6.07, 6.45) is 0. The van der Waals surface area contributed by atoms with Gasteiger partial charge in [-0.3, -0.25) is 0 Å². The Hall–Kier alpha value is -1.01. The van der Waals surface area contributed by atoms with E-state index in [0.717, 1.165) is 6.07 Å². The van der Waals surface area contributed by atoms with E-state index in [1.54, 1.807) is 6.92 Å². The number of hydrogen-bond acceptors (Lipinski definition) is 3. The van der Waals surface area contributed by atoms with Crippen molar-refractivity contribution in [3.63, 3.8) is 0 Å². The molecule has 2 rings (SSSR count). The van der Waals surface area contributed by atoms with E-state index in [9.17, 15) is 17.2 Å². The normalized spacial score (nSPS) is 25.8. The molecule has 100 valence electrons. The highest BCUT2D eigenvalue weighted by Gasteiger charge is 2.37. The largest absolute Gasteiger partial charge is 0.310 e. The number of fused-ring (bicyclic) bond motifs is 1. The molecule has 0 aliphatic carbocycles. The number of hydrogen-bond donors (Lipinski definition) is 1. The Morgan fingerprint density at radius 1 is 1.39 bits per heavy atom. The summed E-state index contributed by atoms with van der Waals surface area (Å²) in [5.41, 5.74) is 0.202. The number of rotatable bonds is 2. The fraction of sp³-hybridized carbons (Fsp3) is 0.500. The first-order valence-corrected chi connectivity index (χ1v) is 7.47. The minimum atomic E-state index is -3.67. The molecule has 6 heteroatoms. The van der Waals surface area contributed by atoms with Crippen molar-refractivity contribution in [2.45, 2.75) is 24.8 Å². The quantitative estimate of drug-likeness (QED) is 0.840. The van der Waals surface area contributed by atoms with Crippen LogP contribution >= 0.6 is 0 Å². The van der Waals surface area contributed by atoms with E-state index in [1.165, 1.54) is 0 Å². The first kappa shape index (κ1) is 13.4. The van der Waals surface area contributed by atoms with Gasteiger partial charge in [0.2, 0.25) is 0 Å². The van der Waals surface area contributed by atoms with Crippen molar-refractivity contribution in [2.75, 3.05) is 12.3 Å². The monoisotopic (exact) mass is 275 g/mol. The third-order valence-corrected chi connectivity index (χ3v) is 5.18. The lowest BCUT2D eigenvalue weighted by atomic mass is 9.95. The number of benzene rings is 1. The van der Waals surface area contributed by atoms with Crippen LogP contribution < -0.4 is 5.32 Å². The maximum Gasteiger partial charge on any atom is 0.181 e. The van der Waals surface area contributed by atoms with Crippen LogP contribution in [-0.2, 0) is 9.84 Å². The molecule has 0 spiro atoms. The molecule has 3 nitrogen and oxygen atoms in total. The van der Waals surface area contributed by atoms with E-state index in [1.807, 2.05) is 6.92 Å². The first-order valence-electron chi connectivity index (χ1n) is 5.82. The van der Waals surface area contributed by atoms with Gasteiger partial charge < -0.3 is 5.32 Å². The lowest BCUT2D eigenvalue weighted by Gasteiger charge is -2.31. The summed E-state index contributed by atoms with van der Waals surface area (Å²) in [6.45, 7) is 4.23. The second kappa shape index (κ2) is 4.59. The van der Waals surface area contributed by atoms with Crippen molar-refractivity contribution in [3.05, 3.63) is 29.3 Å². The van der Waals surface area contributed by atoms with Gasteiger partial charge in [0.25, 0.3) is 0 Å². The van der Waals surface area contributed by atoms with Crippen molar-refractivity contribution in [1.29, 1.82) is 0 Å². The SMILES string of the molecule is CCNC1c2cc(F)cc(F)c2S(=O)(=O)CC1C. The molecule has 0 fully saturated rings. The Balaban J connectivity index is 2.69.